The zero-order chi connectivity index (χ0) is 28.4. The lowest BCUT2D eigenvalue weighted by molar-refractivity contribution is -0.119. The van der Waals surface area contributed by atoms with Gasteiger partial charge in [0, 0.05) is 35.2 Å². The third-order valence-corrected chi connectivity index (χ3v) is 9.92. The van der Waals surface area contributed by atoms with E-state index >= 15 is 4.39 Å². The molecule has 3 aromatic rings. The zero-order valence-electron chi connectivity index (χ0n) is 22.7. The quantitative estimate of drug-likeness (QED) is 0.371. The van der Waals surface area contributed by atoms with Gasteiger partial charge in [0.15, 0.2) is 0 Å². The van der Waals surface area contributed by atoms with Crippen molar-refractivity contribution in [1.82, 2.24) is 4.98 Å². The molecule has 39 heavy (non-hydrogen) atoms. The van der Waals surface area contributed by atoms with Crippen LogP contribution in [0.1, 0.15) is 58.4 Å². The van der Waals surface area contributed by atoms with Crippen LogP contribution in [-0.2, 0) is 20.4 Å². The monoisotopic (exact) mass is 552 g/mol. The second-order valence-electron chi connectivity index (χ2n) is 10.9. The second-order valence-corrected chi connectivity index (χ2v) is 13.0. The maximum Gasteiger partial charge on any atom is 0.238 e. The zero-order valence-corrected chi connectivity index (χ0v) is 23.5. The van der Waals surface area contributed by atoms with Crippen molar-refractivity contribution in [2.24, 2.45) is 17.4 Å². The predicted molar refractivity (Wildman–Crippen MR) is 154 cm³/mol. The Kier molecular flexibility index (Phi) is 8.42. The van der Waals surface area contributed by atoms with Crippen molar-refractivity contribution >= 4 is 21.6 Å². The number of carbonyl (C=O) groups excluding carboxylic acids is 1. The number of benzene rings is 2. The highest BCUT2D eigenvalue weighted by molar-refractivity contribution is 7.93. The number of amides is 1. The van der Waals surface area contributed by atoms with Gasteiger partial charge in [-0.15, -0.1) is 0 Å². The number of hydrogen-bond donors (Lipinski definition) is 2. The highest BCUT2D eigenvalue weighted by Gasteiger charge is 2.35. The van der Waals surface area contributed by atoms with Crippen LogP contribution in [0.25, 0.3) is 22.4 Å². The normalized spacial score (nSPS) is 18.1. The molecule has 4 rings (SSSR count). The van der Waals surface area contributed by atoms with E-state index in [0.29, 0.717) is 48.2 Å². The number of carbonyl (C=O) groups is 1. The minimum atomic E-state index is -3.72. The Labute approximate surface area is 230 Å². The molecular formula is C30H37FN4O3S. The van der Waals surface area contributed by atoms with Crippen molar-refractivity contribution in [3.63, 3.8) is 0 Å². The van der Waals surface area contributed by atoms with Crippen LogP contribution in [0.5, 0.6) is 0 Å². The summed E-state index contributed by atoms with van der Waals surface area (Å²) < 4.78 is 44.0. The molecule has 0 spiro atoms. The Balaban J connectivity index is 1.73. The lowest BCUT2D eigenvalue weighted by atomic mass is 9.86. The standard InChI is InChI=1S/C30H37FN4O3S/c1-4-35(39(37,38)24-15-9-20(10-16-24)17-28(32)36)23-18-26(25-7-5-6-8-27(25)31)29(34-19-23)21-11-13-22(14-12-21)30(2,3)33/h5-8,11-14,18-20,24H,4,9-10,15-17,33H2,1-3H3,(H2,32,36). The Morgan fingerprint density at radius 2 is 1.69 bits per heavy atom. The van der Waals surface area contributed by atoms with Crippen LogP contribution in [-0.4, -0.2) is 31.1 Å². The second kappa shape index (κ2) is 11.4. The number of nitrogens with two attached hydrogens (primary N) is 2. The number of rotatable bonds is 9. The summed E-state index contributed by atoms with van der Waals surface area (Å²) in [4.78, 5) is 16.0. The van der Waals surface area contributed by atoms with E-state index in [1.165, 1.54) is 10.4 Å². The van der Waals surface area contributed by atoms with Crippen LogP contribution in [0.2, 0.25) is 0 Å². The molecular weight excluding hydrogens is 515 g/mol. The van der Waals surface area contributed by atoms with Crippen molar-refractivity contribution in [1.29, 1.82) is 0 Å². The number of aromatic nitrogens is 1. The Morgan fingerprint density at radius 1 is 1.05 bits per heavy atom. The summed E-state index contributed by atoms with van der Waals surface area (Å²) in [6.45, 7) is 5.83. The maximum atomic E-state index is 15.0. The fourth-order valence-electron chi connectivity index (χ4n) is 5.37. The van der Waals surface area contributed by atoms with Gasteiger partial charge in [0.1, 0.15) is 5.82 Å². The first kappa shape index (κ1) is 28.7. The van der Waals surface area contributed by atoms with Crippen LogP contribution in [0.3, 0.4) is 0 Å². The van der Waals surface area contributed by atoms with Crippen molar-refractivity contribution in [3.8, 4) is 22.4 Å². The van der Waals surface area contributed by atoms with Gasteiger partial charge >= 0.3 is 0 Å². The summed E-state index contributed by atoms with van der Waals surface area (Å²) in [7, 11) is -3.72. The van der Waals surface area contributed by atoms with Gasteiger partial charge in [-0.2, -0.15) is 0 Å². The van der Waals surface area contributed by atoms with Crippen molar-refractivity contribution in [3.05, 3.63) is 72.2 Å². The topological polar surface area (TPSA) is 119 Å². The molecule has 0 unspecified atom stereocenters. The minimum absolute atomic E-state index is 0.119. The first-order valence-corrected chi connectivity index (χ1v) is 14.9. The first-order valence-electron chi connectivity index (χ1n) is 13.4. The number of anilines is 1. The van der Waals surface area contributed by atoms with E-state index in [1.807, 2.05) is 38.1 Å². The molecule has 1 aromatic heterocycles. The van der Waals surface area contributed by atoms with Crippen LogP contribution in [0.15, 0.2) is 60.8 Å². The van der Waals surface area contributed by atoms with E-state index in [4.69, 9.17) is 11.5 Å². The Hall–Kier alpha value is -3.30. The summed E-state index contributed by atoms with van der Waals surface area (Å²) in [5, 5.41) is -0.565. The number of nitrogens with zero attached hydrogens (tertiary/aromatic N) is 2. The van der Waals surface area contributed by atoms with E-state index in [0.717, 1.165) is 11.1 Å². The summed E-state index contributed by atoms with van der Waals surface area (Å²) in [5.74, 6) is -0.658. The molecule has 2 aromatic carbocycles. The van der Waals surface area contributed by atoms with Gasteiger partial charge in [0.25, 0.3) is 0 Å². The van der Waals surface area contributed by atoms with Gasteiger partial charge in [-0.05, 0) is 70.1 Å². The molecule has 7 nitrogen and oxygen atoms in total. The highest BCUT2D eigenvalue weighted by atomic mass is 32.2. The molecule has 0 bridgehead atoms. The third kappa shape index (κ3) is 6.31. The van der Waals surface area contributed by atoms with Crippen molar-refractivity contribution in [2.75, 3.05) is 10.8 Å². The van der Waals surface area contributed by atoms with E-state index < -0.39 is 26.6 Å². The molecule has 4 N–H and O–H groups in total. The van der Waals surface area contributed by atoms with E-state index in [9.17, 15) is 13.2 Å². The van der Waals surface area contributed by atoms with Gasteiger partial charge in [-0.1, -0.05) is 42.5 Å². The number of pyridine rings is 1. The fraction of sp³-hybridized carbons (Fsp3) is 0.400. The SMILES string of the molecule is CCN(c1cnc(-c2ccc(C(C)(C)N)cc2)c(-c2ccccc2F)c1)S(=O)(=O)C1CCC(CC(N)=O)CC1. The average Bonchev–Trinajstić information content (AvgIpc) is 2.89. The van der Waals surface area contributed by atoms with Gasteiger partial charge in [-0.3, -0.25) is 14.1 Å². The van der Waals surface area contributed by atoms with Crippen LogP contribution in [0.4, 0.5) is 10.1 Å². The Bertz CT molecular complexity index is 1430. The number of halogens is 1. The van der Waals surface area contributed by atoms with E-state index in [2.05, 4.69) is 4.98 Å². The smallest absolute Gasteiger partial charge is 0.238 e. The molecule has 1 aliphatic rings. The lowest BCUT2D eigenvalue weighted by Gasteiger charge is -2.33. The fourth-order valence-corrected chi connectivity index (χ4v) is 7.35. The highest BCUT2D eigenvalue weighted by Crippen LogP contribution is 2.38. The molecule has 1 aliphatic carbocycles. The van der Waals surface area contributed by atoms with Gasteiger partial charge in [0.2, 0.25) is 15.9 Å². The summed E-state index contributed by atoms with van der Waals surface area (Å²) in [6, 6.07) is 15.8. The van der Waals surface area contributed by atoms with Crippen molar-refractivity contribution < 1.29 is 17.6 Å². The first-order chi connectivity index (χ1) is 18.4. The van der Waals surface area contributed by atoms with E-state index in [1.54, 1.807) is 37.4 Å². The lowest BCUT2D eigenvalue weighted by Crippen LogP contribution is -2.41. The average molecular weight is 553 g/mol. The van der Waals surface area contributed by atoms with Gasteiger partial charge in [-0.25, -0.2) is 12.8 Å². The molecule has 0 atom stereocenters. The maximum absolute atomic E-state index is 15.0. The molecule has 1 fully saturated rings. The summed E-state index contributed by atoms with van der Waals surface area (Å²) in [5.41, 5.74) is 14.6. The minimum Gasteiger partial charge on any atom is -0.370 e. The van der Waals surface area contributed by atoms with Crippen LogP contribution < -0.4 is 15.8 Å². The molecule has 9 heteroatoms. The predicted octanol–water partition coefficient (Wildman–Crippen LogP) is 5.34. The molecule has 0 radical (unpaired) electrons. The number of sulfonamides is 1. The summed E-state index contributed by atoms with van der Waals surface area (Å²) in [6.07, 6.45) is 4.03. The number of hydrogen-bond acceptors (Lipinski definition) is 5. The molecule has 0 saturated heterocycles. The molecule has 1 saturated carbocycles. The van der Waals surface area contributed by atoms with Crippen molar-refractivity contribution in [2.45, 2.75) is 63.7 Å². The largest absolute Gasteiger partial charge is 0.370 e. The molecule has 1 amide bonds. The summed E-state index contributed by atoms with van der Waals surface area (Å²) >= 11 is 0. The van der Waals surface area contributed by atoms with E-state index in [-0.39, 0.29) is 24.8 Å². The van der Waals surface area contributed by atoms with Crippen LogP contribution in [0, 0.1) is 11.7 Å². The van der Waals surface area contributed by atoms with Gasteiger partial charge < -0.3 is 11.5 Å². The van der Waals surface area contributed by atoms with Gasteiger partial charge in [0.05, 0.1) is 22.8 Å². The third-order valence-electron chi connectivity index (χ3n) is 7.53. The molecule has 208 valence electrons. The van der Waals surface area contributed by atoms with Crippen LogP contribution >= 0.6 is 0 Å². The number of primary amides is 1. The molecule has 0 aliphatic heterocycles. The Morgan fingerprint density at radius 3 is 2.26 bits per heavy atom. The molecule has 1 heterocycles.